The Bertz CT molecular complexity index is 417. The predicted molar refractivity (Wildman–Crippen MR) is 66.5 cm³/mol. The van der Waals surface area contributed by atoms with Crippen molar-refractivity contribution in [3.8, 4) is 0 Å². The molecule has 100 valence electrons. The SMILES string of the molecule is Cc1cc(F)c(C(C)NC2CCCOC2)cc1F. The van der Waals surface area contributed by atoms with E-state index in [2.05, 4.69) is 5.32 Å². The lowest BCUT2D eigenvalue weighted by Gasteiger charge is -2.27. The van der Waals surface area contributed by atoms with Crippen LogP contribution in [-0.2, 0) is 4.74 Å². The topological polar surface area (TPSA) is 21.3 Å². The molecule has 1 fully saturated rings. The van der Waals surface area contributed by atoms with Gasteiger partial charge in [0.1, 0.15) is 11.6 Å². The van der Waals surface area contributed by atoms with Gasteiger partial charge in [0.2, 0.25) is 0 Å². The fourth-order valence-electron chi connectivity index (χ4n) is 2.31. The molecule has 1 N–H and O–H groups in total. The van der Waals surface area contributed by atoms with Crippen LogP contribution in [0, 0.1) is 18.6 Å². The van der Waals surface area contributed by atoms with E-state index in [1.807, 2.05) is 6.92 Å². The van der Waals surface area contributed by atoms with Crippen LogP contribution in [0.5, 0.6) is 0 Å². The molecule has 0 spiro atoms. The first-order valence-corrected chi connectivity index (χ1v) is 6.37. The van der Waals surface area contributed by atoms with Gasteiger partial charge in [-0.3, -0.25) is 0 Å². The maximum absolute atomic E-state index is 13.8. The van der Waals surface area contributed by atoms with Crippen LogP contribution in [0.4, 0.5) is 8.78 Å². The largest absolute Gasteiger partial charge is 0.380 e. The summed E-state index contributed by atoms with van der Waals surface area (Å²) in [6, 6.07) is 2.54. The highest BCUT2D eigenvalue weighted by Gasteiger charge is 2.19. The Morgan fingerprint density at radius 1 is 1.33 bits per heavy atom. The van der Waals surface area contributed by atoms with Gasteiger partial charge in [-0.05, 0) is 44.4 Å². The molecule has 0 bridgehead atoms. The zero-order chi connectivity index (χ0) is 13.1. The van der Waals surface area contributed by atoms with Gasteiger partial charge in [0, 0.05) is 24.3 Å². The van der Waals surface area contributed by atoms with Crippen LogP contribution in [0.3, 0.4) is 0 Å². The van der Waals surface area contributed by atoms with Crippen molar-refractivity contribution in [2.24, 2.45) is 0 Å². The number of ether oxygens (including phenoxy) is 1. The first kappa shape index (κ1) is 13.4. The second-order valence-corrected chi connectivity index (χ2v) is 4.93. The van der Waals surface area contributed by atoms with E-state index in [9.17, 15) is 8.78 Å². The Labute approximate surface area is 106 Å². The molecule has 2 rings (SSSR count). The highest BCUT2D eigenvalue weighted by molar-refractivity contribution is 5.27. The quantitative estimate of drug-likeness (QED) is 0.896. The molecule has 4 heteroatoms. The number of nitrogens with one attached hydrogen (secondary N) is 1. The van der Waals surface area contributed by atoms with E-state index in [-0.39, 0.29) is 23.7 Å². The summed E-state index contributed by atoms with van der Waals surface area (Å²) in [5, 5.41) is 3.29. The van der Waals surface area contributed by atoms with Crippen LogP contribution in [0.15, 0.2) is 12.1 Å². The van der Waals surface area contributed by atoms with E-state index in [4.69, 9.17) is 4.74 Å². The minimum absolute atomic E-state index is 0.216. The first-order chi connectivity index (χ1) is 8.58. The molecule has 1 saturated heterocycles. The van der Waals surface area contributed by atoms with Gasteiger partial charge in [-0.1, -0.05) is 0 Å². The van der Waals surface area contributed by atoms with Crippen molar-refractivity contribution in [1.29, 1.82) is 0 Å². The van der Waals surface area contributed by atoms with Gasteiger partial charge in [0.15, 0.2) is 0 Å². The van der Waals surface area contributed by atoms with Crippen LogP contribution in [-0.4, -0.2) is 19.3 Å². The van der Waals surface area contributed by atoms with E-state index >= 15 is 0 Å². The van der Waals surface area contributed by atoms with Gasteiger partial charge in [0.25, 0.3) is 0 Å². The standard InChI is InChI=1S/C14H19F2NO/c1-9-6-14(16)12(7-13(9)15)10(2)17-11-4-3-5-18-8-11/h6-7,10-11,17H,3-5,8H2,1-2H3. The fraction of sp³-hybridized carbons (Fsp3) is 0.571. The van der Waals surface area contributed by atoms with Crippen molar-refractivity contribution in [2.75, 3.05) is 13.2 Å². The molecule has 2 atom stereocenters. The molecular weight excluding hydrogens is 236 g/mol. The predicted octanol–water partition coefficient (Wildman–Crippen LogP) is 3.10. The van der Waals surface area contributed by atoms with E-state index in [1.165, 1.54) is 12.1 Å². The second kappa shape index (κ2) is 5.76. The number of halogens is 2. The number of hydrogen-bond donors (Lipinski definition) is 1. The maximum Gasteiger partial charge on any atom is 0.128 e. The fourth-order valence-corrected chi connectivity index (χ4v) is 2.31. The van der Waals surface area contributed by atoms with Crippen LogP contribution in [0.1, 0.15) is 36.9 Å². The lowest BCUT2D eigenvalue weighted by atomic mass is 10.0. The molecule has 0 radical (unpaired) electrons. The zero-order valence-electron chi connectivity index (χ0n) is 10.8. The van der Waals surface area contributed by atoms with Crippen molar-refractivity contribution < 1.29 is 13.5 Å². The monoisotopic (exact) mass is 255 g/mol. The van der Waals surface area contributed by atoms with Crippen molar-refractivity contribution >= 4 is 0 Å². The maximum atomic E-state index is 13.8. The molecule has 1 aromatic carbocycles. The molecule has 1 aromatic rings. The molecule has 0 saturated carbocycles. The minimum atomic E-state index is -0.361. The third-order valence-corrected chi connectivity index (χ3v) is 3.39. The van der Waals surface area contributed by atoms with Crippen LogP contribution < -0.4 is 5.32 Å². The minimum Gasteiger partial charge on any atom is -0.380 e. The van der Waals surface area contributed by atoms with Gasteiger partial charge in [-0.15, -0.1) is 0 Å². The van der Waals surface area contributed by atoms with Crippen LogP contribution >= 0.6 is 0 Å². The summed E-state index contributed by atoms with van der Waals surface area (Å²) >= 11 is 0. The van der Waals surface area contributed by atoms with Crippen molar-refractivity contribution in [3.05, 3.63) is 34.9 Å². The first-order valence-electron chi connectivity index (χ1n) is 6.37. The number of hydrogen-bond acceptors (Lipinski definition) is 2. The number of rotatable bonds is 3. The molecule has 1 aliphatic heterocycles. The Hall–Kier alpha value is -1.00. The third-order valence-electron chi connectivity index (χ3n) is 3.39. The Balaban J connectivity index is 2.08. The lowest BCUT2D eigenvalue weighted by molar-refractivity contribution is 0.0669. The molecule has 18 heavy (non-hydrogen) atoms. The average Bonchev–Trinajstić information content (AvgIpc) is 2.35. The summed E-state index contributed by atoms with van der Waals surface area (Å²) in [6.45, 7) is 4.84. The van der Waals surface area contributed by atoms with E-state index in [0.29, 0.717) is 17.7 Å². The van der Waals surface area contributed by atoms with Crippen LogP contribution in [0.2, 0.25) is 0 Å². The summed E-state index contributed by atoms with van der Waals surface area (Å²) in [4.78, 5) is 0. The molecule has 0 aliphatic carbocycles. The molecule has 0 amide bonds. The average molecular weight is 255 g/mol. The van der Waals surface area contributed by atoms with E-state index in [1.54, 1.807) is 6.92 Å². The van der Waals surface area contributed by atoms with Gasteiger partial charge in [-0.2, -0.15) is 0 Å². The van der Waals surface area contributed by atoms with Crippen LogP contribution in [0.25, 0.3) is 0 Å². The molecule has 2 unspecified atom stereocenters. The molecular formula is C14H19F2NO. The zero-order valence-corrected chi connectivity index (χ0v) is 10.8. The van der Waals surface area contributed by atoms with Gasteiger partial charge >= 0.3 is 0 Å². The summed E-state index contributed by atoms with van der Waals surface area (Å²) in [6.07, 6.45) is 2.02. The van der Waals surface area contributed by atoms with Gasteiger partial charge in [0.05, 0.1) is 6.61 Å². The normalized spacial score (nSPS) is 21.9. The second-order valence-electron chi connectivity index (χ2n) is 4.93. The highest BCUT2D eigenvalue weighted by Crippen LogP contribution is 2.22. The Morgan fingerprint density at radius 2 is 2.11 bits per heavy atom. The molecule has 2 nitrogen and oxygen atoms in total. The van der Waals surface area contributed by atoms with Crippen molar-refractivity contribution in [3.63, 3.8) is 0 Å². The van der Waals surface area contributed by atoms with Crippen molar-refractivity contribution in [1.82, 2.24) is 5.32 Å². The molecule has 1 aliphatic rings. The molecule has 1 heterocycles. The Kier molecular flexibility index (Phi) is 4.30. The summed E-state index contributed by atoms with van der Waals surface area (Å²) in [5.74, 6) is -0.717. The highest BCUT2D eigenvalue weighted by atomic mass is 19.1. The third kappa shape index (κ3) is 3.06. The lowest BCUT2D eigenvalue weighted by Crippen LogP contribution is -2.38. The van der Waals surface area contributed by atoms with Crippen molar-refractivity contribution in [2.45, 2.75) is 38.8 Å². The van der Waals surface area contributed by atoms with Gasteiger partial charge < -0.3 is 10.1 Å². The summed E-state index contributed by atoms with van der Waals surface area (Å²) in [7, 11) is 0. The number of benzene rings is 1. The van der Waals surface area contributed by atoms with E-state index in [0.717, 1.165) is 19.4 Å². The van der Waals surface area contributed by atoms with E-state index < -0.39 is 0 Å². The smallest absolute Gasteiger partial charge is 0.128 e. The van der Waals surface area contributed by atoms with Gasteiger partial charge in [-0.25, -0.2) is 8.78 Å². The molecule has 0 aromatic heterocycles. The summed E-state index contributed by atoms with van der Waals surface area (Å²) in [5.41, 5.74) is 0.716. The Morgan fingerprint density at radius 3 is 2.78 bits per heavy atom. The number of aryl methyl sites for hydroxylation is 1. The summed E-state index contributed by atoms with van der Waals surface area (Å²) < 4.78 is 32.6.